The summed E-state index contributed by atoms with van der Waals surface area (Å²) in [5.41, 5.74) is 0.799. The number of hydrogen-bond donors (Lipinski definition) is 2. The van der Waals surface area contributed by atoms with Gasteiger partial charge in [-0.05, 0) is 19.1 Å². The molecule has 0 aromatic carbocycles. The lowest BCUT2D eigenvalue weighted by Crippen LogP contribution is -2.23. The van der Waals surface area contributed by atoms with E-state index in [0.717, 1.165) is 12.1 Å². The van der Waals surface area contributed by atoms with Crippen LogP contribution in [-0.4, -0.2) is 29.7 Å². The Morgan fingerprint density at radius 2 is 2.10 bits per heavy atom. The van der Waals surface area contributed by atoms with Crippen LogP contribution in [0.2, 0.25) is 0 Å². The molecule has 108 valence electrons. The first-order valence-corrected chi connectivity index (χ1v) is 7.66. The highest BCUT2D eigenvalue weighted by atomic mass is 32.2. The lowest BCUT2D eigenvalue weighted by molar-refractivity contribution is 0.581. The minimum atomic E-state index is -3.56. The Morgan fingerprint density at radius 1 is 1.30 bits per heavy atom. The van der Waals surface area contributed by atoms with Crippen molar-refractivity contribution in [2.75, 3.05) is 11.9 Å². The minimum absolute atomic E-state index is 0.142. The summed E-state index contributed by atoms with van der Waals surface area (Å²) < 4.78 is 28.3. The molecule has 0 aliphatic carbocycles. The maximum absolute atomic E-state index is 12.1. The first kappa shape index (κ1) is 14.5. The van der Waals surface area contributed by atoms with Crippen molar-refractivity contribution in [2.45, 2.75) is 18.4 Å². The van der Waals surface area contributed by atoms with E-state index in [1.165, 1.54) is 12.3 Å². The topological polar surface area (TPSA) is 88.9 Å². The fourth-order valence-corrected chi connectivity index (χ4v) is 2.61. The third kappa shape index (κ3) is 3.55. The van der Waals surface area contributed by atoms with Gasteiger partial charge in [-0.1, -0.05) is 0 Å². The van der Waals surface area contributed by atoms with Crippen LogP contribution in [0.15, 0.2) is 35.6 Å². The van der Waals surface area contributed by atoms with Gasteiger partial charge in [0.1, 0.15) is 10.7 Å². The van der Waals surface area contributed by atoms with Crippen LogP contribution in [0.1, 0.15) is 12.5 Å². The number of sulfonamides is 1. The summed E-state index contributed by atoms with van der Waals surface area (Å²) in [6, 6.07) is 3.17. The fraction of sp³-hybridized carbons (Fsp3) is 0.333. The molecule has 2 rings (SSSR count). The van der Waals surface area contributed by atoms with E-state index >= 15 is 0 Å². The predicted molar refractivity (Wildman–Crippen MR) is 75.6 cm³/mol. The summed E-state index contributed by atoms with van der Waals surface area (Å²) in [6.07, 6.45) is 4.72. The van der Waals surface area contributed by atoms with Gasteiger partial charge in [-0.2, -0.15) is 5.10 Å². The molecule has 0 radical (unpaired) electrons. The van der Waals surface area contributed by atoms with E-state index in [1.807, 2.05) is 6.92 Å². The molecule has 2 aromatic heterocycles. The van der Waals surface area contributed by atoms with E-state index in [4.69, 9.17) is 0 Å². The summed E-state index contributed by atoms with van der Waals surface area (Å²) in [7, 11) is -1.78. The zero-order valence-electron chi connectivity index (χ0n) is 11.4. The molecule has 0 aliphatic heterocycles. The van der Waals surface area contributed by atoms with Gasteiger partial charge in [-0.15, -0.1) is 0 Å². The molecule has 8 heteroatoms. The van der Waals surface area contributed by atoms with E-state index in [-0.39, 0.29) is 11.4 Å². The van der Waals surface area contributed by atoms with Crippen LogP contribution >= 0.6 is 0 Å². The van der Waals surface area contributed by atoms with E-state index < -0.39 is 10.0 Å². The van der Waals surface area contributed by atoms with Gasteiger partial charge in [-0.25, -0.2) is 18.1 Å². The van der Waals surface area contributed by atoms with E-state index in [1.54, 1.807) is 30.2 Å². The van der Waals surface area contributed by atoms with Crippen molar-refractivity contribution in [2.24, 2.45) is 7.05 Å². The van der Waals surface area contributed by atoms with E-state index in [9.17, 15) is 8.42 Å². The number of nitrogens with one attached hydrogen (secondary N) is 2. The van der Waals surface area contributed by atoms with Crippen LogP contribution in [0.5, 0.6) is 0 Å². The molecular formula is C12H17N5O2S. The Bertz CT molecular complexity index is 663. The summed E-state index contributed by atoms with van der Waals surface area (Å²) in [4.78, 5) is 4.19. The number of aromatic nitrogens is 3. The second-order valence-electron chi connectivity index (χ2n) is 4.26. The Balaban J connectivity index is 2.05. The molecule has 0 aliphatic rings. The van der Waals surface area contributed by atoms with Gasteiger partial charge in [-0.3, -0.25) is 4.68 Å². The molecule has 0 spiro atoms. The van der Waals surface area contributed by atoms with Gasteiger partial charge in [0.15, 0.2) is 0 Å². The Labute approximate surface area is 118 Å². The summed E-state index contributed by atoms with van der Waals surface area (Å²) in [5, 5.41) is 6.99. The van der Waals surface area contributed by atoms with Crippen LogP contribution in [0.25, 0.3) is 0 Å². The fourth-order valence-electron chi connectivity index (χ4n) is 1.65. The summed E-state index contributed by atoms with van der Waals surface area (Å²) in [6.45, 7) is 2.88. The molecule has 0 saturated heterocycles. The lowest BCUT2D eigenvalue weighted by Gasteiger charge is -2.06. The number of anilines is 1. The number of hydrogen-bond acceptors (Lipinski definition) is 5. The van der Waals surface area contributed by atoms with Gasteiger partial charge >= 0.3 is 0 Å². The highest BCUT2D eigenvalue weighted by Gasteiger charge is 2.14. The molecule has 0 amide bonds. The van der Waals surface area contributed by atoms with Crippen molar-refractivity contribution in [3.8, 4) is 0 Å². The second kappa shape index (κ2) is 6.02. The molecule has 2 N–H and O–H groups in total. The standard InChI is InChI=1S/C12H17N5O2S/c1-3-13-12-5-4-11(8-14-12)20(18,19)16-7-10-6-15-17(2)9-10/h4-6,8-9,16H,3,7H2,1-2H3,(H,13,14). The van der Waals surface area contributed by atoms with Gasteiger partial charge in [0, 0.05) is 38.1 Å². The largest absolute Gasteiger partial charge is 0.370 e. The zero-order chi connectivity index (χ0) is 14.6. The third-order valence-electron chi connectivity index (χ3n) is 2.63. The molecule has 0 saturated carbocycles. The zero-order valence-corrected chi connectivity index (χ0v) is 12.2. The van der Waals surface area contributed by atoms with Crippen molar-refractivity contribution in [3.05, 3.63) is 36.3 Å². The Hall–Kier alpha value is -1.93. The summed E-state index contributed by atoms with van der Waals surface area (Å²) in [5.74, 6) is 0.652. The average Bonchev–Trinajstić information content (AvgIpc) is 2.84. The molecule has 2 heterocycles. The highest BCUT2D eigenvalue weighted by molar-refractivity contribution is 7.89. The number of pyridine rings is 1. The summed E-state index contributed by atoms with van der Waals surface area (Å²) >= 11 is 0. The smallest absolute Gasteiger partial charge is 0.242 e. The Kier molecular flexibility index (Phi) is 4.35. The maximum atomic E-state index is 12.1. The second-order valence-corrected chi connectivity index (χ2v) is 6.02. The van der Waals surface area contributed by atoms with Crippen molar-refractivity contribution in [1.82, 2.24) is 19.5 Å². The van der Waals surface area contributed by atoms with Crippen LogP contribution in [0.3, 0.4) is 0 Å². The van der Waals surface area contributed by atoms with Gasteiger partial charge in [0.25, 0.3) is 0 Å². The minimum Gasteiger partial charge on any atom is -0.370 e. The predicted octanol–water partition coefficient (Wildman–Crippen LogP) is 0.725. The molecule has 0 atom stereocenters. The lowest BCUT2D eigenvalue weighted by atomic mass is 10.4. The average molecular weight is 295 g/mol. The first-order chi connectivity index (χ1) is 9.51. The van der Waals surface area contributed by atoms with Gasteiger partial charge in [0.05, 0.1) is 6.20 Å². The van der Waals surface area contributed by atoms with Crippen LogP contribution in [-0.2, 0) is 23.6 Å². The van der Waals surface area contributed by atoms with Crippen molar-refractivity contribution in [1.29, 1.82) is 0 Å². The molecule has 20 heavy (non-hydrogen) atoms. The number of rotatable bonds is 6. The van der Waals surface area contributed by atoms with Gasteiger partial charge < -0.3 is 5.32 Å². The first-order valence-electron chi connectivity index (χ1n) is 6.18. The SMILES string of the molecule is CCNc1ccc(S(=O)(=O)NCc2cnn(C)c2)cn1. The quantitative estimate of drug-likeness (QED) is 0.820. The van der Waals surface area contributed by atoms with Gasteiger partial charge in [0.2, 0.25) is 10.0 Å². The normalized spacial score (nSPS) is 11.5. The molecule has 2 aromatic rings. The molecule has 0 unspecified atom stereocenters. The van der Waals surface area contributed by atoms with Crippen LogP contribution in [0.4, 0.5) is 5.82 Å². The number of aryl methyl sites for hydroxylation is 1. The maximum Gasteiger partial charge on any atom is 0.242 e. The van der Waals surface area contributed by atoms with Crippen LogP contribution < -0.4 is 10.0 Å². The Morgan fingerprint density at radius 3 is 2.65 bits per heavy atom. The molecule has 0 fully saturated rings. The van der Waals surface area contributed by atoms with E-state index in [0.29, 0.717) is 5.82 Å². The molecular weight excluding hydrogens is 278 g/mol. The monoisotopic (exact) mass is 295 g/mol. The highest BCUT2D eigenvalue weighted by Crippen LogP contribution is 2.11. The van der Waals surface area contributed by atoms with Crippen molar-refractivity contribution < 1.29 is 8.42 Å². The molecule has 0 bridgehead atoms. The third-order valence-corrected chi connectivity index (χ3v) is 4.02. The number of nitrogens with zero attached hydrogens (tertiary/aromatic N) is 3. The van der Waals surface area contributed by atoms with E-state index in [2.05, 4.69) is 20.1 Å². The van der Waals surface area contributed by atoms with Crippen LogP contribution in [0, 0.1) is 0 Å². The molecule has 7 nitrogen and oxygen atoms in total. The van der Waals surface area contributed by atoms with Crippen molar-refractivity contribution >= 4 is 15.8 Å². The van der Waals surface area contributed by atoms with Crippen molar-refractivity contribution in [3.63, 3.8) is 0 Å².